The fourth-order valence-corrected chi connectivity index (χ4v) is 1.55. The number of anilines is 1. The third kappa shape index (κ3) is 2.93. The smallest absolute Gasteiger partial charge is 0.325 e. The van der Waals surface area contributed by atoms with Gasteiger partial charge in [0, 0.05) is 5.69 Å². The Bertz CT molecular complexity index is 471. The number of hydrogen-bond acceptors (Lipinski definition) is 4. The molecule has 6 heteroatoms. The Labute approximate surface area is 98.8 Å². The van der Waals surface area contributed by atoms with E-state index in [1.807, 2.05) is 0 Å². The predicted molar refractivity (Wildman–Crippen MR) is 62.9 cm³/mol. The molecule has 0 aliphatic rings. The van der Waals surface area contributed by atoms with Gasteiger partial charge >= 0.3 is 5.97 Å². The van der Waals surface area contributed by atoms with Crippen LogP contribution in [0, 0.1) is 13.8 Å². The summed E-state index contributed by atoms with van der Waals surface area (Å²) in [6, 6.07) is 0.793. The lowest BCUT2D eigenvalue weighted by Gasteiger charge is -2.15. The van der Waals surface area contributed by atoms with Crippen molar-refractivity contribution in [2.45, 2.75) is 26.8 Å². The minimum atomic E-state index is -1.01. The van der Waals surface area contributed by atoms with Crippen LogP contribution >= 0.6 is 0 Å². The molecule has 0 bridgehead atoms. The SMILES string of the molecule is Cc1cc(NC(C)C(=O)O)c(C(N)=O)c(C)n1. The average molecular weight is 237 g/mol. The van der Waals surface area contributed by atoms with Gasteiger partial charge in [-0.25, -0.2) is 0 Å². The van der Waals surface area contributed by atoms with Crippen molar-refractivity contribution in [2.24, 2.45) is 5.73 Å². The molecule has 1 atom stereocenters. The normalized spacial score (nSPS) is 11.9. The van der Waals surface area contributed by atoms with Gasteiger partial charge in [-0.1, -0.05) is 0 Å². The molecule has 1 heterocycles. The summed E-state index contributed by atoms with van der Waals surface area (Å²) in [6.07, 6.45) is 0. The van der Waals surface area contributed by atoms with Crippen LogP contribution in [-0.4, -0.2) is 28.0 Å². The number of rotatable bonds is 4. The number of amides is 1. The molecule has 0 saturated carbocycles. The highest BCUT2D eigenvalue weighted by molar-refractivity contribution is 6.00. The van der Waals surface area contributed by atoms with Gasteiger partial charge in [0.1, 0.15) is 6.04 Å². The summed E-state index contributed by atoms with van der Waals surface area (Å²) in [5.74, 6) is -1.64. The first-order valence-corrected chi connectivity index (χ1v) is 5.10. The topological polar surface area (TPSA) is 105 Å². The summed E-state index contributed by atoms with van der Waals surface area (Å²) >= 11 is 0. The molecule has 1 amide bonds. The summed E-state index contributed by atoms with van der Waals surface area (Å²) in [5, 5.41) is 11.5. The second-order valence-electron chi connectivity index (χ2n) is 3.84. The first-order valence-electron chi connectivity index (χ1n) is 5.10. The van der Waals surface area contributed by atoms with Crippen molar-refractivity contribution >= 4 is 17.6 Å². The van der Waals surface area contributed by atoms with E-state index in [1.54, 1.807) is 19.9 Å². The molecule has 0 radical (unpaired) electrons. The van der Waals surface area contributed by atoms with Gasteiger partial charge in [0.2, 0.25) is 0 Å². The van der Waals surface area contributed by atoms with E-state index in [0.717, 1.165) is 0 Å². The van der Waals surface area contributed by atoms with E-state index in [-0.39, 0.29) is 5.56 Å². The maximum Gasteiger partial charge on any atom is 0.325 e. The zero-order chi connectivity index (χ0) is 13.2. The highest BCUT2D eigenvalue weighted by Gasteiger charge is 2.17. The minimum absolute atomic E-state index is 0.226. The molecular formula is C11H15N3O3. The maximum atomic E-state index is 11.3. The summed E-state index contributed by atoms with van der Waals surface area (Å²) in [5.41, 5.74) is 7.05. The van der Waals surface area contributed by atoms with E-state index in [1.165, 1.54) is 6.92 Å². The number of carbonyl (C=O) groups excluding carboxylic acids is 1. The number of carbonyl (C=O) groups is 2. The molecule has 0 aliphatic carbocycles. The molecule has 1 rings (SSSR count). The fraction of sp³-hybridized carbons (Fsp3) is 0.364. The van der Waals surface area contributed by atoms with E-state index in [9.17, 15) is 9.59 Å². The lowest BCUT2D eigenvalue weighted by atomic mass is 10.1. The van der Waals surface area contributed by atoms with Crippen molar-refractivity contribution in [2.75, 3.05) is 5.32 Å². The molecule has 17 heavy (non-hydrogen) atoms. The molecule has 92 valence electrons. The Kier molecular flexibility index (Phi) is 3.67. The third-order valence-electron chi connectivity index (χ3n) is 2.32. The second-order valence-corrected chi connectivity index (χ2v) is 3.84. The first kappa shape index (κ1) is 13.0. The second kappa shape index (κ2) is 4.82. The lowest BCUT2D eigenvalue weighted by molar-refractivity contribution is -0.137. The molecular weight excluding hydrogens is 222 g/mol. The van der Waals surface area contributed by atoms with Crippen molar-refractivity contribution in [3.8, 4) is 0 Å². The molecule has 0 spiro atoms. The van der Waals surface area contributed by atoms with E-state index in [4.69, 9.17) is 10.8 Å². The zero-order valence-corrected chi connectivity index (χ0v) is 9.94. The van der Waals surface area contributed by atoms with Crippen molar-refractivity contribution in [1.82, 2.24) is 4.98 Å². The van der Waals surface area contributed by atoms with Crippen LogP contribution in [0.4, 0.5) is 5.69 Å². The Hall–Kier alpha value is -2.11. The highest BCUT2D eigenvalue weighted by Crippen LogP contribution is 2.20. The van der Waals surface area contributed by atoms with Gasteiger partial charge < -0.3 is 16.2 Å². The Morgan fingerprint density at radius 1 is 1.47 bits per heavy atom. The minimum Gasteiger partial charge on any atom is -0.480 e. The molecule has 0 saturated heterocycles. The average Bonchev–Trinajstić information content (AvgIpc) is 2.14. The molecule has 6 nitrogen and oxygen atoms in total. The van der Waals surface area contributed by atoms with Crippen molar-refractivity contribution in [3.63, 3.8) is 0 Å². The van der Waals surface area contributed by atoms with Gasteiger partial charge in [0.15, 0.2) is 0 Å². The number of nitrogens with two attached hydrogens (primary N) is 1. The summed E-state index contributed by atoms with van der Waals surface area (Å²) < 4.78 is 0. The van der Waals surface area contributed by atoms with Crippen LogP contribution in [0.25, 0.3) is 0 Å². The molecule has 0 aliphatic heterocycles. The van der Waals surface area contributed by atoms with E-state index in [0.29, 0.717) is 17.1 Å². The number of primary amides is 1. The summed E-state index contributed by atoms with van der Waals surface area (Å²) in [4.78, 5) is 26.2. The van der Waals surface area contributed by atoms with E-state index in [2.05, 4.69) is 10.3 Å². The molecule has 0 fully saturated rings. The third-order valence-corrected chi connectivity index (χ3v) is 2.32. The summed E-state index contributed by atoms with van der Waals surface area (Å²) in [7, 11) is 0. The number of nitrogens with one attached hydrogen (secondary N) is 1. The largest absolute Gasteiger partial charge is 0.480 e. The Morgan fingerprint density at radius 2 is 2.06 bits per heavy atom. The van der Waals surface area contributed by atoms with Gasteiger partial charge in [-0.05, 0) is 26.8 Å². The number of aryl methyl sites for hydroxylation is 2. The summed E-state index contributed by atoms with van der Waals surface area (Å²) in [6.45, 7) is 4.90. The molecule has 1 unspecified atom stereocenters. The van der Waals surface area contributed by atoms with Gasteiger partial charge in [0.25, 0.3) is 5.91 Å². The van der Waals surface area contributed by atoms with Crippen LogP contribution in [0.2, 0.25) is 0 Å². The van der Waals surface area contributed by atoms with Gasteiger partial charge in [-0.3, -0.25) is 14.6 Å². The lowest BCUT2D eigenvalue weighted by Crippen LogP contribution is -2.28. The van der Waals surface area contributed by atoms with Gasteiger partial charge in [-0.2, -0.15) is 0 Å². The number of carboxylic acids is 1. The number of aromatic nitrogens is 1. The predicted octanol–water partition coefficient (Wildman–Crippen LogP) is 0.682. The quantitative estimate of drug-likeness (QED) is 0.714. The maximum absolute atomic E-state index is 11.3. The number of nitrogens with zero attached hydrogens (tertiary/aromatic N) is 1. The fourth-order valence-electron chi connectivity index (χ4n) is 1.55. The van der Waals surface area contributed by atoms with Crippen molar-refractivity contribution in [3.05, 3.63) is 23.0 Å². The zero-order valence-electron chi connectivity index (χ0n) is 9.94. The van der Waals surface area contributed by atoms with Crippen LogP contribution in [0.15, 0.2) is 6.07 Å². The Balaban J connectivity index is 3.21. The van der Waals surface area contributed by atoms with Gasteiger partial charge in [0.05, 0.1) is 16.9 Å². The monoisotopic (exact) mass is 237 g/mol. The van der Waals surface area contributed by atoms with E-state index < -0.39 is 17.9 Å². The molecule has 0 aromatic carbocycles. The molecule has 4 N–H and O–H groups in total. The van der Waals surface area contributed by atoms with Gasteiger partial charge in [-0.15, -0.1) is 0 Å². The molecule has 1 aromatic heterocycles. The van der Waals surface area contributed by atoms with Crippen molar-refractivity contribution < 1.29 is 14.7 Å². The number of pyridine rings is 1. The number of carboxylic acid groups (broad SMARTS) is 1. The standard InChI is InChI=1S/C11H15N3O3/c1-5-4-8(14-7(3)11(16)17)9(10(12)15)6(2)13-5/h4,7H,1-3H3,(H2,12,15)(H,13,14)(H,16,17). The van der Waals surface area contributed by atoms with Crippen LogP contribution in [-0.2, 0) is 4.79 Å². The number of hydrogen-bond donors (Lipinski definition) is 3. The molecule has 1 aromatic rings. The van der Waals surface area contributed by atoms with Crippen LogP contribution in [0.1, 0.15) is 28.7 Å². The first-order chi connectivity index (χ1) is 7.82. The van der Waals surface area contributed by atoms with Crippen molar-refractivity contribution in [1.29, 1.82) is 0 Å². The Morgan fingerprint density at radius 3 is 2.53 bits per heavy atom. The van der Waals surface area contributed by atoms with Crippen LogP contribution in [0.5, 0.6) is 0 Å². The van der Waals surface area contributed by atoms with E-state index >= 15 is 0 Å². The highest BCUT2D eigenvalue weighted by atomic mass is 16.4. The number of aliphatic carboxylic acids is 1. The van der Waals surface area contributed by atoms with Crippen LogP contribution in [0.3, 0.4) is 0 Å². The van der Waals surface area contributed by atoms with Crippen LogP contribution < -0.4 is 11.1 Å².